The molecule has 0 amide bonds. The molecule has 0 N–H and O–H groups in total. The molecule has 0 bridgehead atoms. The predicted molar refractivity (Wildman–Crippen MR) is 68.9 cm³/mol. The largest absolute Gasteiger partial charge is 0.300 e. The van der Waals surface area contributed by atoms with Gasteiger partial charge in [-0.1, -0.05) is 43.2 Å². The van der Waals surface area contributed by atoms with Gasteiger partial charge in [0.2, 0.25) is 0 Å². The molecule has 2 fully saturated rings. The molecular weight excluding hydrogens is 222 g/mol. The van der Waals surface area contributed by atoms with Crippen LogP contribution in [0.2, 0.25) is 0 Å². The van der Waals surface area contributed by atoms with Gasteiger partial charge in [-0.25, -0.2) is 0 Å². The molecule has 0 spiro atoms. The third-order valence-electron chi connectivity index (χ3n) is 4.91. The molecule has 0 saturated heterocycles. The van der Waals surface area contributed by atoms with E-state index in [-0.39, 0.29) is 11.2 Å². The SMILES string of the molecule is N#CC1(C2(c3ccccc3)CCCC2)CC(=O)C1. The number of nitriles is 1. The van der Waals surface area contributed by atoms with Crippen LogP contribution in [0.3, 0.4) is 0 Å². The first-order valence-corrected chi connectivity index (χ1v) is 6.71. The Morgan fingerprint density at radius 2 is 1.67 bits per heavy atom. The Kier molecular flexibility index (Phi) is 2.52. The Balaban J connectivity index is 2.08. The summed E-state index contributed by atoms with van der Waals surface area (Å²) < 4.78 is 0. The first-order valence-electron chi connectivity index (χ1n) is 6.71. The van der Waals surface area contributed by atoms with Crippen molar-refractivity contribution in [3.05, 3.63) is 35.9 Å². The molecule has 0 aromatic heterocycles. The molecule has 1 aromatic rings. The van der Waals surface area contributed by atoms with Crippen molar-refractivity contribution in [1.29, 1.82) is 5.26 Å². The van der Waals surface area contributed by atoms with Gasteiger partial charge < -0.3 is 0 Å². The highest BCUT2D eigenvalue weighted by Crippen LogP contribution is 2.60. The van der Waals surface area contributed by atoms with E-state index in [4.69, 9.17) is 0 Å². The Morgan fingerprint density at radius 3 is 2.17 bits per heavy atom. The molecule has 0 aliphatic heterocycles. The number of ketones is 1. The smallest absolute Gasteiger partial charge is 0.136 e. The monoisotopic (exact) mass is 239 g/mol. The molecular formula is C16H17NO. The summed E-state index contributed by atoms with van der Waals surface area (Å²) in [7, 11) is 0. The van der Waals surface area contributed by atoms with Gasteiger partial charge in [0.15, 0.2) is 0 Å². The van der Waals surface area contributed by atoms with Crippen LogP contribution in [0, 0.1) is 16.7 Å². The summed E-state index contributed by atoms with van der Waals surface area (Å²) in [5.41, 5.74) is 0.760. The van der Waals surface area contributed by atoms with Crippen LogP contribution >= 0.6 is 0 Å². The molecule has 0 heterocycles. The Labute approximate surface area is 108 Å². The zero-order chi connectivity index (χ0) is 12.6. The third kappa shape index (κ3) is 1.37. The van der Waals surface area contributed by atoms with Crippen molar-refractivity contribution in [2.24, 2.45) is 5.41 Å². The van der Waals surface area contributed by atoms with Crippen LogP contribution < -0.4 is 0 Å². The highest BCUT2D eigenvalue weighted by atomic mass is 16.1. The van der Waals surface area contributed by atoms with Crippen LogP contribution in [0.1, 0.15) is 44.1 Å². The third-order valence-corrected chi connectivity index (χ3v) is 4.91. The quantitative estimate of drug-likeness (QED) is 0.794. The van der Waals surface area contributed by atoms with E-state index in [0.717, 1.165) is 12.8 Å². The molecule has 3 rings (SSSR count). The van der Waals surface area contributed by atoms with Gasteiger partial charge >= 0.3 is 0 Å². The lowest BCUT2D eigenvalue weighted by molar-refractivity contribution is -0.133. The minimum Gasteiger partial charge on any atom is -0.300 e. The topological polar surface area (TPSA) is 40.9 Å². The van der Waals surface area contributed by atoms with Gasteiger partial charge in [-0.05, 0) is 18.4 Å². The minimum absolute atomic E-state index is 0.0725. The standard InChI is InChI=1S/C16H17NO/c17-12-15(10-14(18)11-15)16(8-4-5-9-16)13-6-2-1-3-7-13/h1-3,6-7H,4-5,8-11H2. The van der Waals surface area contributed by atoms with Gasteiger partial charge in [0.25, 0.3) is 0 Å². The lowest BCUT2D eigenvalue weighted by Gasteiger charge is -2.49. The van der Waals surface area contributed by atoms with Crippen molar-refractivity contribution in [3.63, 3.8) is 0 Å². The average molecular weight is 239 g/mol. The van der Waals surface area contributed by atoms with Crippen molar-refractivity contribution < 1.29 is 4.79 Å². The molecule has 0 atom stereocenters. The first kappa shape index (κ1) is 11.5. The van der Waals surface area contributed by atoms with Crippen molar-refractivity contribution in [2.45, 2.75) is 43.9 Å². The van der Waals surface area contributed by atoms with Gasteiger partial charge in [0.05, 0.1) is 11.5 Å². The summed E-state index contributed by atoms with van der Waals surface area (Å²) in [6.07, 6.45) is 5.37. The van der Waals surface area contributed by atoms with E-state index >= 15 is 0 Å². The van der Waals surface area contributed by atoms with Crippen molar-refractivity contribution in [1.82, 2.24) is 0 Å². The van der Waals surface area contributed by atoms with Gasteiger partial charge in [0, 0.05) is 18.3 Å². The number of Topliss-reactive ketones (excluding diaryl/α,β-unsaturated/α-hetero) is 1. The van der Waals surface area contributed by atoms with Crippen LogP contribution in [-0.2, 0) is 10.2 Å². The highest BCUT2D eigenvalue weighted by Gasteiger charge is 2.60. The molecule has 2 heteroatoms. The summed E-state index contributed by atoms with van der Waals surface area (Å²) in [4.78, 5) is 11.5. The van der Waals surface area contributed by atoms with E-state index < -0.39 is 5.41 Å². The maximum Gasteiger partial charge on any atom is 0.136 e. The zero-order valence-corrected chi connectivity index (χ0v) is 10.5. The van der Waals surface area contributed by atoms with E-state index in [1.54, 1.807) is 0 Å². The molecule has 2 aliphatic rings. The van der Waals surface area contributed by atoms with Gasteiger partial charge in [-0.2, -0.15) is 5.26 Å². The summed E-state index contributed by atoms with van der Waals surface area (Å²) in [5, 5.41) is 9.64. The fourth-order valence-electron chi connectivity index (χ4n) is 3.93. The van der Waals surface area contributed by atoms with E-state index in [9.17, 15) is 10.1 Å². The highest BCUT2D eigenvalue weighted by molar-refractivity contribution is 5.88. The Morgan fingerprint density at radius 1 is 1.06 bits per heavy atom. The Hall–Kier alpha value is -1.62. The fourth-order valence-corrected chi connectivity index (χ4v) is 3.93. The number of rotatable bonds is 2. The molecule has 2 aliphatic carbocycles. The number of carbonyl (C=O) groups excluding carboxylic acids is 1. The lowest BCUT2D eigenvalue weighted by atomic mass is 9.50. The molecule has 18 heavy (non-hydrogen) atoms. The number of benzene rings is 1. The second-order valence-electron chi connectivity index (χ2n) is 5.74. The number of hydrogen-bond donors (Lipinski definition) is 0. The summed E-state index contributed by atoms with van der Waals surface area (Å²) in [6, 6.07) is 12.9. The first-order chi connectivity index (χ1) is 8.72. The van der Waals surface area contributed by atoms with Gasteiger partial charge in [0.1, 0.15) is 5.78 Å². The number of hydrogen-bond acceptors (Lipinski definition) is 2. The number of nitrogens with zero attached hydrogens (tertiary/aromatic N) is 1. The normalized spacial score (nSPS) is 24.3. The molecule has 2 nitrogen and oxygen atoms in total. The van der Waals surface area contributed by atoms with Crippen LogP contribution in [-0.4, -0.2) is 5.78 Å². The van der Waals surface area contributed by atoms with Crippen LogP contribution in [0.5, 0.6) is 0 Å². The van der Waals surface area contributed by atoms with Crippen molar-refractivity contribution in [3.8, 4) is 6.07 Å². The Bertz CT molecular complexity index is 498. The molecule has 92 valence electrons. The maximum atomic E-state index is 11.5. The molecule has 0 radical (unpaired) electrons. The fraction of sp³-hybridized carbons (Fsp3) is 0.500. The van der Waals surface area contributed by atoms with Crippen LogP contribution in [0.15, 0.2) is 30.3 Å². The van der Waals surface area contributed by atoms with E-state index in [1.165, 1.54) is 18.4 Å². The van der Waals surface area contributed by atoms with E-state index in [1.807, 2.05) is 18.2 Å². The summed E-state index contributed by atoms with van der Waals surface area (Å²) in [5.74, 6) is 0.249. The van der Waals surface area contributed by atoms with Crippen LogP contribution in [0.4, 0.5) is 0 Å². The van der Waals surface area contributed by atoms with Crippen molar-refractivity contribution in [2.75, 3.05) is 0 Å². The van der Waals surface area contributed by atoms with E-state index in [2.05, 4.69) is 18.2 Å². The second-order valence-corrected chi connectivity index (χ2v) is 5.74. The molecule has 2 saturated carbocycles. The van der Waals surface area contributed by atoms with E-state index in [0.29, 0.717) is 12.8 Å². The predicted octanol–water partition coefficient (Wildman–Crippen LogP) is 3.37. The number of carbonyl (C=O) groups is 1. The van der Waals surface area contributed by atoms with Crippen LogP contribution in [0.25, 0.3) is 0 Å². The van der Waals surface area contributed by atoms with Gasteiger partial charge in [-0.15, -0.1) is 0 Å². The molecule has 0 unspecified atom stereocenters. The van der Waals surface area contributed by atoms with Crippen molar-refractivity contribution >= 4 is 5.78 Å². The molecule has 1 aromatic carbocycles. The summed E-state index contributed by atoms with van der Waals surface area (Å²) in [6.45, 7) is 0. The summed E-state index contributed by atoms with van der Waals surface area (Å²) >= 11 is 0. The maximum absolute atomic E-state index is 11.5. The second kappa shape index (κ2) is 3.95. The zero-order valence-electron chi connectivity index (χ0n) is 10.5. The average Bonchev–Trinajstić information content (AvgIpc) is 2.86. The lowest BCUT2D eigenvalue weighted by Crippen LogP contribution is -2.52. The van der Waals surface area contributed by atoms with Gasteiger partial charge in [-0.3, -0.25) is 4.79 Å². The minimum atomic E-state index is -0.429.